The number of benzene rings is 4. The zero-order chi connectivity index (χ0) is 55.1. The average Bonchev–Trinajstić information content (AvgIpc) is 4.01. The number of hydrogen-bond donors (Lipinski definition) is 0. The van der Waals surface area contributed by atoms with Crippen LogP contribution in [0.2, 0.25) is 0 Å². The Morgan fingerprint density at radius 3 is 0.750 bits per heavy atom. The molecule has 0 N–H and O–H groups in total. The molecule has 4 aliphatic carbocycles. The summed E-state index contributed by atoms with van der Waals surface area (Å²) in [6, 6.07) is 55.4. The third-order valence-electron chi connectivity index (χ3n) is 18.7. The minimum atomic E-state index is 0. The average molecular weight is 1310 g/mol. The van der Waals surface area contributed by atoms with Crippen LogP contribution < -0.4 is 46.0 Å². The summed E-state index contributed by atoms with van der Waals surface area (Å²) in [6.45, 7) is 9.20. The minimum absolute atomic E-state index is 0. The van der Waals surface area contributed by atoms with E-state index in [0.717, 1.165) is 22.6 Å². The first kappa shape index (κ1) is 73.8. The van der Waals surface area contributed by atoms with E-state index in [9.17, 15) is 0 Å². The van der Waals surface area contributed by atoms with E-state index >= 15 is 0 Å². The smallest absolute Gasteiger partial charge is 1.00 e. The first-order valence-electron chi connectivity index (χ1n) is 33.2. The molecule has 0 bridgehead atoms. The van der Waals surface area contributed by atoms with E-state index in [2.05, 4.69) is 173 Å². The molecule has 0 radical (unpaired) electrons. The molecular formula is C76H104Cl2P4Ti2-2. The van der Waals surface area contributed by atoms with Gasteiger partial charge < -0.3 is 24.8 Å². The van der Waals surface area contributed by atoms with Gasteiger partial charge in [-0.25, -0.2) is 0 Å². The summed E-state index contributed by atoms with van der Waals surface area (Å²) in [5.74, 6) is 0. The van der Waals surface area contributed by atoms with Crippen molar-refractivity contribution in [3.05, 3.63) is 146 Å². The first-order valence-corrected chi connectivity index (χ1v) is 39.6. The Balaban J connectivity index is 0.000000203. The van der Waals surface area contributed by atoms with E-state index in [1.165, 1.54) is 248 Å². The second kappa shape index (κ2) is 40.7. The molecule has 8 heteroatoms. The third-order valence-corrected chi connectivity index (χ3v) is 31.1. The van der Waals surface area contributed by atoms with Gasteiger partial charge in [0.2, 0.25) is 0 Å². The standard InChI is InChI=1S/2C21H28P.2C17H24P.2ClH.2Ti/c2*1-3-11-19(12-4-1)22(20-13-5-2-6-14-20)21-15-17-9-7-8-10-18(17)16-21;2*1-3-5-11-18(12-6-4-2)17-13-15-9-7-8-10-16(15)14-17;;;;/h2*7-10,15-16,19-20H,1-6,11-14H2;2*7-10,13-14H,3-6,11-12H2,1-2H3;2*1H;;/q4*-1;;;2*+2/p-2. The van der Waals surface area contributed by atoms with Gasteiger partial charge in [-0.2, -0.15) is 24.3 Å². The maximum atomic E-state index is 2.55. The molecule has 4 aliphatic rings. The molecule has 0 spiro atoms. The van der Waals surface area contributed by atoms with Gasteiger partial charge in [0.1, 0.15) is 0 Å². The molecule has 0 unspecified atom stereocenters. The zero-order valence-corrected chi connectivity index (χ0v) is 60.6. The second-order valence-electron chi connectivity index (χ2n) is 24.7. The fraction of sp³-hybridized carbons (Fsp3) is 0.526. The van der Waals surface area contributed by atoms with Gasteiger partial charge in [-0.1, -0.05) is 186 Å². The summed E-state index contributed by atoms with van der Waals surface area (Å²) >= 11 is 0. The maximum absolute atomic E-state index is 2.55. The minimum Gasteiger partial charge on any atom is -1.00 e. The van der Waals surface area contributed by atoms with Crippen molar-refractivity contribution in [1.29, 1.82) is 0 Å². The van der Waals surface area contributed by atoms with Gasteiger partial charge in [0, 0.05) is 0 Å². The third kappa shape index (κ3) is 21.6. The van der Waals surface area contributed by atoms with Gasteiger partial charge in [0.15, 0.2) is 0 Å². The molecule has 0 amide bonds. The van der Waals surface area contributed by atoms with Crippen LogP contribution in [0, 0.1) is 0 Å². The molecule has 452 valence electrons. The molecule has 8 aromatic rings. The van der Waals surface area contributed by atoms with Gasteiger partial charge >= 0.3 is 43.4 Å². The summed E-state index contributed by atoms with van der Waals surface area (Å²) in [7, 11) is 0.293. The topological polar surface area (TPSA) is 0 Å². The van der Waals surface area contributed by atoms with Gasteiger partial charge in [0.05, 0.1) is 0 Å². The summed E-state index contributed by atoms with van der Waals surface area (Å²) in [4.78, 5) is 0. The van der Waals surface area contributed by atoms with Crippen LogP contribution >= 0.6 is 31.7 Å². The molecule has 12 rings (SSSR count). The number of rotatable bonds is 20. The van der Waals surface area contributed by atoms with E-state index in [1.54, 1.807) is 21.2 Å². The Morgan fingerprint density at radius 1 is 0.310 bits per heavy atom. The molecule has 84 heavy (non-hydrogen) atoms. The Bertz CT molecular complexity index is 2580. The fourth-order valence-electron chi connectivity index (χ4n) is 14.2. The van der Waals surface area contributed by atoms with Crippen LogP contribution in [0.4, 0.5) is 0 Å². The van der Waals surface area contributed by atoms with Crippen LogP contribution in [-0.4, -0.2) is 47.3 Å². The van der Waals surface area contributed by atoms with Crippen molar-refractivity contribution in [3.63, 3.8) is 0 Å². The van der Waals surface area contributed by atoms with E-state index in [-0.39, 0.29) is 99.9 Å². The molecule has 0 aromatic heterocycles. The quantitative estimate of drug-likeness (QED) is 0.0405. The second-order valence-corrected chi connectivity index (χ2v) is 35.3. The first-order chi connectivity index (χ1) is 39.5. The SMILES string of the molecule is CCCCP(CCCC)c1cc2ccccc2[cH-]1.CCCCP(CCCC)c1cc2ccccc2[cH-]1.[Cl-].[Cl-].[Ti+2].[Ti+2].c1ccc2[cH-]c(P(C3CCCCC3)C3CCCCC3)cc2c1.c1ccc2[cH-]c(P(C3CCCCC3)C3CCCCC3)cc2c1. The molecule has 8 aromatic carbocycles. The fourth-order valence-corrected chi connectivity index (χ4v) is 27.5. The Morgan fingerprint density at radius 2 is 0.524 bits per heavy atom. The monoisotopic (exact) mass is 1310 g/mol. The van der Waals surface area contributed by atoms with Crippen LogP contribution in [0.1, 0.15) is 207 Å². The van der Waals surface area contributed by atoms with Crippen LogP contribution in [-0.2, 0) is 43.4 Å². The van der Waals surface area contributed by atoms with E-state index in [1.807, 2.05) is 0 Å². The number of unbranched alkanes of at least 4 members (excludes halogenated alkanes) is 4. The van der Waals surface area contributed by atoms with Crippen molar-refractivity contribution >= 4 is 96.0 Å². The molecule has 0 heterocycles. The van der Waals surface area contributed by atoms with Crippen molar-refractivity contribution in [3.8, 4) is 0 Å². The van der Waals surface area contributed by atoms with E-state index in [4.69, 9.17) is 0 Å². The molecule has 0 nitrogen and oxygen atoms in total. The van der Waals surface area contributed by atoms with Crippen LogP contribution in [0.25, 0.3) is 43.1 Å². The predicted molar refractivity (Wildman–Crippen MR) is 371 cm³/mol. The predicted octanol–water partition coefficient (Wildman–Crippen LogP) is 17.2. The van der Waals surface area contributed by atoms with Gasteiger partial charge in [-0.05, 0) is 124 Å². The van der Waals surface area contributed by atoms with E-state index < -0.39 is 0 Å². The number of fused-ring (bicyclic) bond motifs is 4. The molecular weight excluding hydrogens is 1200 g/mol. The Labute approximate surface area is 559 Å². The molecule has 4 saturated carbocycles. The van der Waals surface area contributed by atoms with Crippen molar-refractivity contribution in [1.82, 2.24) is 0 Å². The Kier molecular flexibility index (Phi) is 35.8. The van der Waals surface area contributed by atoms with Crippen LogP contribution in [0.3, 0.4) is 0 Å². The normalized spacial score (nSPS) is 16.3. The molecule has 0 saturated heterocycles. The van der Waals surface area contributed by atoms with Crippen molar-refractivity contribution in [2.45, 2.75) is 230 Å². The summed E-state index contributed by atoms with van der Waals surface area (Å²) in [5.41, 5.74) is 4.07. The van der Waals surface area contributed by atoms with Crippen LogP contribution in [0.15, 0.2) is 146 Å². The number of halogens is 2. The van der Waals surface area contributed by atoms with Gasteiger partial charge in [0.25, 0.3) is 0 Å². The summed E-state index contributed by atoms with van der Waals surface area (Å²) in [5, 5.41) is 18.3. The van der Waals surface area contributed by atoms with Gasteiger partial charge in [-0.3, -0.25) is 0 Å². The largest absolute Gasteiger partial charge is 2.00 e. The zero-order valence-electron chi connectivity index (χ0n) is 52.3. The van der Waals surface area contributed by atoms with Crippen molar-refractivity contribution < 1.29 is 68.2 Å². The Hall–Kier alpha value is -0.951. The van der Waals surface area contributed by atoms with E-state index in [0.29, 0.717) is 0 Å². The van der Waals surface area contributed by atoms with Crippen molar-refractivity contribution in [2.75, 3.05) is 24.6 Å². The van der Waals surface area contributed by atoms with Gasteiger partial charge in [-0.15, -0.1) is 161 Å². The molecule has 0 aliphatic heterocycles. The van der Waals surface area contributed by atoms with Crippen molar-refractivity contribution in [2.24, 2.45) is 0 Å². The summed E-state index contributed by atoms with van der Waals surface area (Å²) < 4.78 is 0. The number of hydrogen-bond acceptors (Lipinski definition) is 0. The summed E-state index contributed by atoms with van der Waals surface area (Å²) in [6.07, 6.45) is 46.3. The maximum Gasteiger partial charge on any atom is 2.00 e. The molecule has 0 atom stereocenters. The van der Waals surface area contributed by atoms with Crippen LogP contribution in [0.5, 0.6) is 0 Å². The molecule has 4 fully saturated rings.